The zero-order chi connectivity index (χ0) is 25.8. The maximum Gasteiger partial charge on any atom is 0.252 e. The second-order valence-corrected chi connectivity index (χ2v) is 9.65. The maximum absolute atomic E-state index is 13.1. The quantitative estimate of drug-likeness (QED) is 0.341. The molecule has 0 unspecified atom stereocenters. The summed E-state index contributed by atoms with van der Waals surface area (Å²) in [5.74, 6) is 2.41. The summed E-state index contributed by atoms with van der Waals surface area (Å²) in [6.45, 7) is 3.26. The molecule has 2 heterocycles. The third-order valence-electron chi connectivity index (χ3n) is 7.41. The van der Waals surface area contributed by atoms with Gasteiger partial charge in [-0.15, -0.1) is 5.10 Å². The maximum atomic E-state index is 13.1. The van der Waals surface area contributed by atoms with E-state index in [0.717, 1.165) is 58.6 Å². The fourth-order valence-electron chi connectivity index (χ4n) is 5.43. The molecule has 0 amide bonds. The number of hydrogen-bond donors (Lipinski definition) is 1. The number of aromatic nitrogens is 5. The average Bonchev–Trinajstić information content (AvgIpc) is 3.62. The van der Waals surface area contributed by atoms with Gasteiger partial charge in [-0.3, -0.25) is 9.69 Å². The summed E-state index contributed by atoms with van der Waals surface area (Å²) in [6, 6.07) is 16.0. The number of hydrogen-bond acceptors (Lipinski definition) is 7. The summed E-state index contributed by atoms with van der Waals surface area (Å²) in [5.41, 5.74) is 2.57. The molecule has 194 valence electrons. The third-order valence-corrected chi connectivity index (χ3v) is 7.41. The highest BCUT2D eigenvalue weighted by Crippen LogP contribution is 2.34. The van der Waals surface area contributed by atoms with E-state index in [-0.39, 0.29) is 11.6 Å². The van der Waals surface area contributed by atoms with E-state index in [1.165, 1.54) is 12.8 Å². The number of tetrazole rings is 1. The van der Waals surface area contributed by atoms with Crippen LogP contribution in [-0.4, -0.2) is 50.4 Å². The Bertz CT molecular complexity index is 1390. The normalized spacial score (nSPS) is 14.9. The molecule has 2 aromatic heterocycles. The molecule has 0 spiro atoms. The van der Waals surface area contributed by atoms with Crippen LogP contribution in [0.5, 0.6) is 11.5 Å². The number of nitrogens with one attached hydrogen (secondary N) is 1. The zero-order valence-corrected chi connectivity index (χ0v) is 21.7. The molecule has 1 atom stereocenters. The molecule has 5 rings (SSSR count). The van der Waals surface area contributed by atoms with Crippen molar-refractivity contribution >= 4 is 10.9 Å². The number of methoxy groups -OCH3 is 2. The Kier molecular flexibility index (Phi) is 7.50. The molecule has 9 heteroatoms. The van der Waals surface area contributed by atoms with Crippen molar-refractivity contribution in [3.8, 4) is 11.5 Å². The molecule has 2 aromatic carbocycles. The first-order valence-corrected chi connectivity index (χ1v) is 12.9. The van der Waals surface area contributed by atoms with Crippen LogP contribution < -0.4 is 15.0 Å². The second-order valence-electron chi connectivity index (χ2n) is 9.65. The van der Waals surface area contributed by atoms with E-state index in [2.05, 4.69) is 32.3 Å². The van der Waals surface area contributed by atoms with Gasteiger partial charge in [0.05, 0.1) is 26.8 Å². The van der Waals surface area contributed by atoms with Gasteiger partial charge in [0.25, 0.3) is 5.56 Å². The highest BCUT2D eigenvalue weighted by molar-refractivity contribution is 5.80. The van der Waals surface area contributed by atoms with Crippen molar-refractivity contribution in [3.05, 3.63) is 75.8 Å². The Morgan fingerprint density at radius 3 is 2.49 bits per heavy atom. The first-order valence-electron chi connectivity index (χ1n) is 12.9. The van der Waals surface area contributed by atoms with Gasteiger partial charge in [0.15, 0.2) is 5.82 Å². The highest BCUT2D eigenvalue weighted by Gasteiger charge is 2.32. The van der Waals surface area contributed by atoms with E-state index in [0.29, 0.717) is 19.1 Å². The summed E-state index contributed by atoms with van der Waals surface area (Å²) >= 11 is 0. The first kappa shape index (κ1) is 25.0. The molecule has 1 aliphatic carbocycles. The van der Waals surface area contributed by atoms with Gasteiger partial charge >= 0.3 is 0 Å². The summed E-state index contributed by atoms with van der Waals surface area (Å²) in [6.07, 6.45) is 5.43. The van der Waals surface area contributed by atoms with Gasteiger partial charge in [0.2, 0.25) is 0 Å². The Balaban J connectivity index is 1.47. The van der Waals surface area contributed by atoms with Crippen LogP contribution >= 0.6 is 0 Å². The van der Waals surface area contributed by atoms with E-state index < -0.39 is 0 Å². The van der Waals surface area contributed by atoms with Crippen molar-refractivity contribution < 1.29 is 9.47 Å². The summed E-state index contributed by atoms with van der Waals surface area (Å²) in [4.78, 5) is 18.6. The van der Waals surface area contributed by atoms with E-state index in [1.807, 2.05) is 53.2 Å². The number of ether oxygens (including phenoxy) is 2. The lowest BCUT2D eigenvalue weighted by Gasteiger charge is -2.35. The van der Waals surface area contributed by atoms with E-state index in [4.69, 9.17) is 9.47 Å². The number of H-pyrrole nitrogens is 1. The van der Waals surface area contributed by atoms with Crippen LogP contribution in [0, 0.1) is 0 Å². The highest BCUT2D eigenvalue weighted by atomic mass is 16.5. The molecule has 37 heavy (non-hydrogen) atoms. The molecule has 0 bridgehead atoms. The summed E-state index contributed by atoms with van der Waals surface area (Å²) in [5, 5.41) is 13.8. The molecule has 4 aromatic rings. The molecule has 1 saturated carbocycles. The van der Waals surface area contributed by atoms with Gasteiger partial charge in [-0.05, 0) is 71.7 Å². The topological polar surface area (TPSA) is 98.2 Å². The van der Waals surface area contributed by atoms with E-state index in [1.54, 1.807) is 14.2 Å². The fourth-order valence-corrected chi connectivity index (χ4v) is 5.43. The lowest BCUT2D eigenvalue weighted by Crippen LogP contribution is -2.39. The number of rotatable bonds is 10. The smallest absolute Gasteiger partial charge is 0.252 e. The Labute approximate surface area is 216 Å². The zero-order valence-electron chi connectivity index (χ0n) is 21.7. The largest absolute Gasteiger partial charge is 0.497 e. The van der Waals surface area contributed by atoms with Gasteiger partial charge in [0.1, 0.15) is 11.5 Å². The molecule has 0 saturated heterocycles. The van der Waals surface area contributed by atoms with Crippen molar-refractivity contribution in [2.75, 3.05) is 14.2 Å². The van der Waals surface area contributed by atoms with Crippen LogP contribution in [-0.2, 0) is 13.1 Å². The lowest BCUT2D eigenvalue weighted by molar-refractivity contribution is 0.112. The molecule has 1 aliphatic rings. The van der Waals surface area contributed by atoms with Crippen LogP contribution in [0.4, 0.5) is 0 Å². The van der Waals surface area contributed by atoms with Crippen LogP contribution in [0.25, 0.3) is 10.9 Å². The van der Waals surface area contributed by atoms with Crippen LogP contribution in [0.1, 0.15) is 62.0 Å². The molecule has 0 aliphatic heterocycles. The van der Waals surface area contributed by atoms with Crippen molar-refractivity contribution in [2.24, 2.45) is 0 Å². The van der Waals surface area contributed by atoms with Crippen LogP contribution in [0.2, 0.25) is 0 Å². The Morgan fingerprint density at radius 1 is 1.05 bits per heavy atom. The van der Waals surface area contributed by atoms with Crippen molar-refractivity contribution in [1.29, 1.82) is 0 Å². The molecule has 1 fully saturated rings. The molecular formula is C28H34N6O3. The number of fused-ring (bicyclic) bond motifs is 1. The lowest BCUT2D eigenvalue weighted by atomic mass is 10.0. The van der Waals surface area contributed by atoms with Gasteiger partial charge in [-0.25, -0.2) is 4.68 Å². The molecule has 9 nitrogen and oxygen atoms in total. The standard InChI is InChI=1S/C28H34N6O3/c1-4-26(27-30-31-32-34(27)17-19-9-11-23(36-2)12-10-19)33(22-7-5-6-8-22)18-21-15-20-16-24(37-3)13-14-25(20)29-28(21)35/h9-16,22,26H,4-8,17-18H2,1-3H3,(H,29,35)/t26-/m0/s1. The summed E-state index contributed by atoms with van der Waals surface area (Å²) < 4.78 is 12.6. The average molecular weight is 503 g/mol. The Morgan fingerprint density at radius 2 is 1.78 bits per heavy atom. The van der Waals surface area contributed by atoms with Gasteiger partial charge in [-0.1, -0.05) is 31.9 Å². The predicted octanol–water partition coefficient (Wildman–Crippen LogP) is 4.48. The summed E-state index contributed by atoms with van der Waals surface area (Å²) in [7, 11) is 3.31. The molecule has 0 radical (unpaired) electrons. The number of benzene rings is 2. The number of nitrogens with zero attached hydrogens (tertiary/aromatic N) is 5. The second kappa shape index (κ2) is 11.1. The van der Waals surface area contributed by atoms with Crippen LogP contribution in [0.15, 0.2) is 53.3 Å². The monoisotopic (exact) mass is 502 g/mol. The van der Waals surface area contributed by atoms with Crippen molar-refractivity contribution in [3.63, 3.8) is 0 Å². The van der Waals surface area contributed by atoms with Crippen LogP contribution in [0.3, 0.4) is 0 Å². The van der Waals surface area contributed by atoms with Gasteiger partial charge < -0.3 is 14.5 Å². The van der Waals surface area contributed by atoms with E-state index in [9.17, 15) is 4.79 Å². The van der Waals surface area contributed by atoms with E-state index >= 15 is 0 Å². The first-order chi connectivity index (χ1) is 18.1. The van der Waals surface area contributed by atoms with Gasteiger partial charge in [-0.2, -0.15) is 0 Å². The number of pyridine rings is 1. The van der Waals surface area contributed by atoms with Crippen molar-refractivity contribution in [1.82, 2.24) is 30.1 Å². The minimum atomic E-state index is -0.0617. The van der Waals surface area contributed by atoms with Crippen molar-refractivity contribution in [2.45, 2.75) is 64.2 Å². The minimum Gasteiger partial charge on any atom is -0.497 e. The van der Waals surface area contributed by atoms with Gasteiger partial charge in [0, 0.05) is 29.1 Å². The Hall–Kier alpha value is -3.72. The SMILES string of the molecule is CC[C@@H](c1nnnn1Cc1ccc(OC)cc1)N(Cc1cc2cc(OC)ccc2[nH]c1=O)C1CCCC1. The minimum absolute atomic E-state index is 0.0169. The fraction of sp³-hybridized carbons (Fsp3) is 0.429. The number of aromatic amines is 1. The molecule has 1 N–H and O–H groups in total. The predicted molar refractivity (Wildman–Crippen MR) is 142 cm³/mol. The third kappa shape index (κ3) is 5.36. The molecular weight excluding hydrogens is 468 g/mol.